The summed E-state index contributed by atoms with van der Waals surface area (Å²) in [6.45, 7) is 0.451. The number of amides is 1. The summed E-state index contributed by atoms with van der Waals surface area (Å²) in [5.41, 5.74) is 3.25. The summed E-state index contributed by atoms with van der Waals surface area (Å²) in [4.78, 5) is 18.2. The Bertz CT molecular complexity index is 1040. The van der Waals surface area contributed by atoms with Crippen LogP contribution in [0.15, 0.2) is 72.4 Å². The highest BCUT2D eigenvalue weighted by molar-refractivity contribution is 7.10. The van der Waals surface area contributed by atoms with Crippen molar-refractivity contribution < 1.29 is 4.79 Å². The van der Waals surface area contributed by atoms with Crippen molar-refractivity contribution in [3.8, 4) is 0 Å². The van der Waals surface area contributed by atoms with Crippen molar-refractivity contribution in [3.63, 3.8) is 0 Å². The number of benzene rings is 1. The van der Waals surface area contributed by atoms with Gasteiger partial charge in [0.05, 0.1) is 12.2 Å². The first kappa shape index (κ1) is 17.5. The van der Waals surface area contributed by atoms with Crippen molar-refractivity contribution in [3.05, 3.63) is 88.5 Å². The van der Waals surface area contributed by atoms with Crippen molar-refractivity contribution in [2.45, 2.75) is 18.9 Å². The maximum atomic E-state index is 12.7. The fourth-order valence-electron chi connectivity index (χ4n) is 3.45. The molecule has 4 rings (SSSR count). The monoisotopic (exact) mass is 375 g/mol. The molecule has 0 saturated heterocycles. The highest BCUT2D eigenvalue weighted by atomic mass is 32.1. The van der Waals surface area contributed by atoms with Gasteiger partial charge in [-0.3, -0.25) is 9.78 Å². The number of pyridine rings is 1. The number of para-hydroxylation sites is 1. The third-order valence-corrected chi connectivity index (χ3v) is 5.76. The van der Waals surface area contributed by atoms with Gasteiger partial charge in [0.15, 0.2) is 0 Å². The smallest absolute Gasteiger partial charge is 0.221 e. The molecular weight excluding hydrogens is 354 g/mol. The maximum absolute atomic E-state index is 12.7. The lowest BCUT2D eigenvalue weighted by Crippen LogP contribution is -2.25. The molecule has 0 aliphatic carbocycles. The van der Waals surface area contributed by atoms with Gasteiger partial charge in [-0.2, -0.15) is 0 Å². The van der Waals surface area contributed by atoms with Gasteiger partial charge in [-0.05, 0) is 35.2 Å². The molecule has 3 heterocycles. The van der Waals surface area contributed by atoms with Crippen LogP contribution in [0.4, 0.5) is 0 Å². The van der Waals surface area contributed by atoms with Crippen LogP contribution in [0, 0.1) is 0 Å². The molecule has 0 radical (unpaired) electrons. The first-order valence-corrected chi connectivity index (χ1v) is 9.84. The number of carbonyl (C=O) groups excluding carboxylic acids is 1. The van der Waals surface area contributed by atoms with Crippen LogP contribution in [-0.2, 0) is 18.4 Å². The van der Waals surface area contributed by atoms with E-state index in [9.17, 15) is 4.79 Å². The van der Waals surface area contributed by atoms with Crippen molar-refractivity contribution in [1.82, 2.24) is 14.9 Å². The van der Waals surface area contributed by atoms with Crippen LogP contribution in [0.3, 0.4) is 0 Å². The SMILES string of the molecule is Cn1cc(C(CC(=O)NCc2ccccn2)c2cccs2)c2ccccc21. The van der Waals surface area contributed by atoms with Crippen LogP contribution in [0.25, 0.3) is 10.9 Å². The Morgan fingerprint density at radius 1 is 1.15 bits per heavy atom. The van der Waals surface area contributed by atoms with Crippen LogP contribution >= 0.6 is 11.3 Å². The number of rotatable bonds is 6. The van der Waals surface area contributed by atoms with E-state index in [1.165, 1.54) is 21.3 Å². The fraction of sp³-hybridized carbons (Fsp3) is 0.182. The Balaban J connectivity index is 1.59. The Morgan fingerprint density at radius 3 is 2.78 bits per heavy atom. The number of aromatic nitrogens is 2. The number of carbonyl (C=O) groups is 1. The number of aryl methyl sites for hydroxylation is 1. The van der Waals surface area contributed by atoms with Gasteiger partial charge in [0.25, 0.3) is 0 Å². The fourth-order valence-corrected chi connectivity index (χ4v) is 4.30. The lowest BCUT2D eigenvalue weighted by molar-refractivity contribution is -0.121. The van der Waals surface area contributed by atoms with Crippen LogP contribution in [0.2, 0.25) is 0 Å². The molecule has 1 atom stereocenters. The highest BCUT2D eigenvalue weighted by Crippen LogP contribution is 2.36. The largest absolute Gasteiger partial charge is 0.350 e. The average Bonchev–Trinajstić information content (AvgIpc) is 3.34. The molecule has 0 saturated carbocycles. The molecule has 3 aromatic heterocycles. The van der Waals surface area contributed by atoms with Crippen molar-refractivity contribution >= 4 is 28.1 Å². The molecule has 0 fully saturated rings. The molecule has 5 heteroatoms. The zero-order valence-corrected chi connectivity index (χ0v) is 15.9. The van der Waals surface area contributed by atoms with Crippen molar-refractivity contribution in [2.75, 3.05) is 0 Å². The molecule has 136 valence electrons. The number of nitrogens with one attached hydrogen (secondary N) is 1. The summed E-state index contributed by atoms with van der Waals surface area (Å²) in [5, 5.41) is 6.29. The Morgan fingerprint density at radius 2 is 2.00 bits per heavy atom. The van der Waals surface area contributed by atoms with E-state index in [-0.39, 0.29) is 11.8 Å². The van der Waals surface area contributed by atoms with E-state index in [0.29, 0.717) is 13.0 Å². The Hall–Kier alpha value is -2.92. The molecule has 4 aromatic rings. The summed E-state index contributed by atoms with van der Waals surface area (Å²) in [5.74, 6) is 0.0758. The van der Waals surface area contributed by atoms with E-state index in [1.807, 2.05) is 30.3 Å². The summed E-state index contributed by atoms with van der Waals surface area (Å²) in [6.07, 6.45) is 4.31. The third-order valence-electron chi connectivity index (χ3n) is 4.77. The molecule has 0 spiro atoms. The third kappa shape index (κ3) is 3.78. The predicted octanol–water partition coefficient (Wildman–Crippen LogP) is 4.47. The zero-order chi connectivity index (χ0) is 18.6. The topological polar surface area (TPSA) is 46.9 Å². The van der Waals surface area contributed by atoms with Gasteiger partial charge in [-0.25, -0.2) is 0 Å². The Labute approximate surface area is 162 Å². The summed E-state index contributed by atoms with van der Waals surface area (Å²) < 4.78 is 2.14. The summed E-state index contributed by atoms with van der Waals surface area (Å²) in [7, 11) is 2.05. The lowest BCUT2D eigenvalue weighted by atomic mass is 9.93. The first-order chi connectivity index (χ1) is 13.2. The zero-order valence-electron chi connectivity index (χ0n) is 15.1. The van der Waals surface area contributed by atoms with Gasteiger partial charge < -0.3 is 9.88 Å². The minimum absolute atomic E-state index is 0.0342. The molecule has 1 unspecified atom stereocenters. The second kappa shape index (κ2) is 7.76. The standard InChI is InChI=1S/C22H21N3OS/c1-25-15-19(17-8-2-3-9-20(17)25)18(21-10-6-12-27-21)13-22(26)24-14-16-7-4-5-11-23-16/h2-12,15,18H,13-14H2,1H3,(H,24,26). The van der Waals surface area contributed by atoms with E-state index in [2.05, 4.69) is 57.8 Å². The van der Waals surface area contributed by atoms with Gasteiger partial charge in [0.1, 0.15) is 0 Å². The number of hydrogen-bond donors (Lipinski definition) is 1. The van der Waals surface area contributed by atoms with E-state index in [0.717, 1.165) is 5.69 Å². The van der Waals surface area contributed by atoms with Crippen molar-refractivity contribution in [1.29, 1.82) is 0 Å². The van der Waals surface area contributed by atoms with E-state index in [1.54, 1.807) is 17.5 Å². The minimum Gasteiger partial charge on any atom is -0.350 e. The first-order valence-electron chi connectivity index (χ1n) is 8.96. The lowest BCUT2D eigenvalue weighted by Gasteiger charge is -2.15. The molecule has 0 aliphatic rings. The van der Waals surface area contributed by atoms with E-state index in [4.69, 9.17) is 0 Å². The molecule has 4 nitrogen and oxygen atoms in total. The highest BCUT2D eigenvalue weighted by Gasteiger charge is 2.23. The molecule has 1 aromatic carbocycles. The molecular formula is C22H21N3OS. The minimum atomic E-state index is 0.0342. The Kier molecular flexibility index (Phi) is 5.03. The number of thiophene rings is 1. The quantitative estimate of drug-likeness (QED) is 0.540. The van der Waals surface area contributed by atoms with Crippen LogP contribution in [0.5, 0.6) is 0 Å². The van der Waals surface area contributed by atoms with Gasteiger partial charge in [0.2, 0.25) is 5.91 Å². The normalized spacial score (nSPS) is 12.2. The number of nitrogens with zero attached hydrogens (tertiary/aromatic N) is 2. The van der Waals surface area contributed by atoms with Gasteiger partial charge >= 0.3 is 0 Å². The van der Waals surface area contributed by atoms with Crippen LogP contribution in [0.1, 0.15) is 28.5 Å². The van der Waals surface area contributed by atoms with E-state index < -0.39 is 0 Å². The molecule has 0 bridgehead atoms. The van der Waals surface area contributed by atoms with Gasteiger partial charge in [-0.1, -0.05) is 30.3 Å². The van der Waals surface area contributed by atoms with Crippen LogP contribution < -0.4 is 5.32 Å². The second-order valence-electron chi connectivity index (χ2n) is 6.58. The van der Waals surface area contributed by atoms with Gasteiger partial charge in [-0.15, -0.1) is 11.3 Å². The summed E-state index contributed by atoms with van der Waals surface area (Å²) >= 11 is 1.70. The van der Waals surface area contributed by atoms with E-state index >= 15 is 0 Å². The van der Waals surface area contributed by atoms with Crippen LogP contribution in [-0.4, -0.2) is 15.5 Å². The maximum Gasteiger partial charge on any atom is 0.221 e. The predicted molar refractivity (Wildman–Crippen MR) is 110 cm³/mol. The number of hydrogen-bond acceptors (Lipinski definition) is 3. The average molecular weight is 375 g/mol. The summed E-state index contributed by atoms with van der Waals surface area (Å²) in [6, 6.07) is 18.2. The van der Waals surface area contributed by atoms with Crippen molar-refractivity contribution in [2.24, 2.45) is 7.05 Å². The number of fused-ring (bicyclic) bond motifs is 1. The van der Waals surface area contributed by atoms with Gasteiger partial charge in [0, 0.05) is 47.6 Å². The molecule has 1 amide bonds. The molecule has 27 heavy (non-hydrogen) atoms. The molecule has 1 N–H and O–H groups in total. The molecule has 0 aliphatic heterocycles. The second-order valence-corrected chi connectivity index (χ2v) is 7.56.